The van der Waals surface area contributed by atoms with Gasteiger partial charge in [-0.3, -0.25) is 24.0 Å². The second-order valence-corrected chi connectivity index (χ2v) is 14.4. The molecule has 0 unspecified atom stereocenters. The predicted octanol–water partition coefficient (Wildman–Crippen LogP) is 7.23. The number of rotatable bonds is 15. The zero-order chi connectivity index (χ0) is 36.6. The van der Waals surface area contributed by atoms with Crippen LogP contribution >= 0.6 is 34.8 Å². The van der Waals surface area contributed by atoms with E-state index >= 15 is 0 Å². The number of ether oxygens (including phenoxy) is 1. The van der Waals surface area contributed by atoms with Crippen LogP contribution in [-0.2, 0) is 32.6 Å². The van der Waals surface area contributed by atoms with Gasteiger partial charge < -0.3 is 15.0 Å². The number of nitro benzene ring substituents is 1. The highest BCUT2D eigenvalue weighted by molar-refractivity contribution is 7.92. The quantitative estimate of drug-likeness (QED) is 0.0996. The van der Waals surface area contributed by atoms with Gasteiger partial charge >= 0.3 is 0 Å². The maximum absolute atomic E-state index is 14.7. The van der Waals surface area contributed by atoms with E-state index in [4.69, 9.17) is 39.5 Å². The molecule has 0 aliphatic rings. The molecule has 1 atom stereocenters. The van der Waals surface area contributed by atoms with E-state index < -0.39 is 49.9 Å². The third kappa shape index (κ3) is 9.25. The van der Waals surface area contributed by atoms with Gasteiger partial charge in [-0.25, -0.2) is 8.42 Å². The summed E-state index contributed by atoms with van der Waals surface area (Å²) >= 11 is 19.0. The standard InChI is InChI=1S/C35H35Cl3N4O7S/c1-4-16-39-35(44)32(17-24-8-6-5-7-9-24)40(21-25-11-12-26(36)18-29(25)38)34(43)22-41(31-19-27(37)13-15-33(31)49-3)50(47,48)28-14-10-23(2)30(20-28)42(45)46/h5-15,18-20,32H,4,16-17,21-22H2,1-3H3,(H,39,44)/t32-/m0/s1. The topological polar surface area (TPSA) is 139 Å². The van der Waals surface area contributed by atoms with Crippen LogP contribution in [0.15, 0.2) is 89.8 Å². The van der Waals surface area contributed by atoms with Gasteiger partial charge in [-0.05, 0) is 60.9 Å². The minimum atomic E-state index is -4.71. The fraction of sp³-hybridized carbons (Fsp3) is 0.257. The number of hydrogen-bond donors (Lipinski definition) is 1. The Kier molecular flexibility index (Phi) is 13.1. The number of hydrogen-bond acceptors (Lipinski definition) is 7. The second kappa shape index (κ2) is 17.0. The van der Waals surface area contributed by atoms with Gasteiger partial charge in [-0.2, -0.15) is 0 Å². The van der Waals surface area contributed by atoms with E-state index in [1.54, 1.807) is 24.3 Å². The van der Waals surface area contributed by atoms with Crippen molar-refractivity contribution in [2.75, 3.05) is 24.5 Å². The van der Waals surface area contributed by atoms with Crippen molar-refractivity contribution < 1.29 is 27.7 Å². The van der Waals surface area contributed by atoms with Gasteiger partial charge in [0.25, 0.3) is 15.7 Å². The fourth-order valence-electron chi connectivity index (χ4n) is 5.20. The molecule has 0 saturated carbocycles. The van der Waals surface area contributed by atoms with Crippen molar-refractivity contribution in [3.63, 3.8) is 0 Å². The van der Waals surface area contributed by atoms with Crippen molar-refractivity contribution in [3.8, 4) is 5.75 Å². The molecule has 15 heteroatoms. The highest BCUT2D eigenvalue weighted by Crippen LogP contribution is 2.36. The lowest BCUT2D eigenvalue weighted by molar-refractivity contribution is -0.385. The number of carbonyl (C=O) groups excluding carboxylic acids is 2. The lowest BCUT2D eigenvalue weighted by Gasteiger charge is -2.34. The molecule has 4 rings (SSSR count). The van der Waals surface area contributed by atoms with Crippen molar-refractivity contribution in [1.82, 2.24) is 10.2 Å². The molecule has 0 aliphatic carbocycles. The first-order valence-electron chi connectivity index (χ1n) is 15.4. The van der Waals surface area contributed by atoms with Gasteiger partial charge in [-0.1, -0.05) is 84.2 Å². The number of anilines is 1. The van der Waals surface area contributed by atoms with Gasteiger partial charge in [0.2, 0.25) is 11.8 Å². The van der Waals surface area contributed by atoms with Gasteiger partial charge in [0.1, 0.15) is 18.3 Å². The minimum Gasteiger partial charge on any atom is -0.495 e. The maximum atomic E-state index is 14.7. The zero-order valence-electron chi connectivity index (χ0n) is 27.4. The van der Waals surface area contributed by atoms with Crippen LogP contribution in [-0.4, -0.2) is 56.3 Å². The number of nitro groups is 1. The molecule has 11 nitrogen and oxygen atoms in total. The van der Waals surface area contributed by atoms with Crippen LogP contribution in [0.3, 0.4) is 0 Å². The summed E-state index contributed by atoms with van der Waals surface area (Å²) in [5, 5.41) is 15.4. The van der Waals surface area contributed by atoms with Crippen LogP contribution in [0, 0.1) is 17.0 Å². The Morgan fingerprint density at radius 3 is 2.28 bits per heavy atom. The smallest absolute Gasteiger partial charge is 0.273 e. The summed E-state index contributed by atoms with van der Waals surface area (Å²) in [6.45, 7) is 2.66. The van der Waals surface area contributed by atoms with Crippen molar-refractivity contribution in [2.24, 2.45) is 0 Å². The molecule has 2 amide bonds. The first kappa shape index (κ1) is 38.4. The normalized spacial score (nSPS) is 11.8. The van der Waals surface area contributed by atoms with E-state index in [2.05, 4.69) is 5.32 Å². The van der Waals surface area contributed by atoms with Crippen LogP contribution in [0.1, 0.15) is 30.0 Å². The molecule has 1 N–H and O–H groups in total. The molecule has 50 heavy (non-hydrogen) atoms. The maximum Gasteiger partial charge on any atom is 0.273 e. The van der Waals surface area contributed by atoms with Crippen molar-refractivity contribution in [3.05, 3.63) is 127 Å². The average Bonchev–Trinajstić information content (AvgIpc) is 3.08. The SMILES string of the molecule is CCCNC(=O)[C@H](Cc1ccccc1)N(Cc1ccc(Cl)cc1Cl)C(=O)CN(c1cc(Cl)ccc1OC)S(=O)(=O)c1ccc(C)c([N+](=O)[O-])c1. The van der Waals surface area contributed by atoms with Crippen molar-refractivity contribution in [1.29, 1.82) is 0 Å². The fourth-order valence-corrected chi connectivity index (χ4v) is 7.27. The Bertz CT molecular complexity index is 1980. The number of halogens is 3. The van der Waals surface area contributed by atoms with E-state index in [1.807, 2.05) is 25.1 Å². The highest BCUT2D eigenvalue weighted by Gasteiger charge is 2.36. The Hall–Kier alpha value is -4.36. The second-order valence-electron chi connectivity index (χ2n) is 11.3. The molecule has 0 saturated heterocycles. The average molecular weight is 762 g/mol. The Morgan fingerprint density at radius 1 is 0.960 bits per heavy atom. The number of methoxy groups -OCH3 is 1. The van der Waals surface area contributed by atoms with Crippen LogP contribution in [0.4, 0.5) is 11.4 Å². The van der Waals surface area contributed by atoms with Gasteiger partial charge in [0, 0.05) is 46.2 Å². The molecule has 0 fully saturated rings. The van der Waals surface area contributed by atoms with Crippen LogP contribution in [0.2, 0.25) is 15.1 Å². The number of carbonyl (C=O) groups is 2. The van der Waals surface area contributed by atoms with Gasteiger partial charge in [0.15, 0.2) is 0 Å². The van der Waals surface area contributed by atoms with E-state index in [1.165, 1.54) is 55.3 Å². The van der Waals surface area contributed by atoms with Crippen LogP contribution in [0.25, 0.3) is 0 Å². The summed E-state index contributed by atoms with van der Waals surface area (Å²) in [5.41, 5.74) is 0.914. The molecule has 4 aromatic carbocycles. The molecular formula is C35H35Cl3N4O7S. The highest BCUT2D eigenvalue weighted by atomic mass is 35.5. The van der Waals surface area contributed by atoms with Gasteiger partial charge in [-0.15, -0.1) is 0 Å². The molecule has 0 aliphatic heterocycles. The first-order chi connectivity index (χ1) is 23.8. The molecule has 0 heterocycles. The summed E-state index contributed by atoms with van der Waals surface area (Å²) in [5.74, 6) is -1.19. The molecule has 0 spiro atoms. The number of amides is 2. The Labute approximate surface area is 305 Å². The number of nitrogens with one attached hydrogen (secondary N) is 1. The molecular weight excluding hydrogens is 727 g/mol. The van der Waals surface area contributed by atoms with E-state index in [9.17, 15) is 28.1 Å². The lowest BCUT2D eigenvalue weighted by atomic mass is 10.0. The summed E-state index contributed by atoms with van der Waals surface area (Å²) in [7, 11) is -3.39. The summed E-state index contributed by atoms with van der Waals surface area (Å²) < 4.78 is 35.2. The predicted molar refractivity (Wildman–Crippen MR) is 195 cm³/mol. The van der Waals surface area contributed by atoms with E-state index in [-0.39, 0.29) is 40.0 Å². The molecule has 264 valence electrons. The number of aryl methyl sites for hydroxylation is 1. The van der Waals surface area contributed by atoms with Crippen LogP contribution < -0.4 is 14.4 Å². The minimum absolute atomic E-state index is 0.0567. The van der Waals surface area contributed by atoms with Crippen molar-refractivity contribution in [2.45, 2.75) is 44.2 Å². The molecule has 0 radical (unpaired) electrons. The monoisotopic (exact) mass is 760 g/mol. The summed E-state index contributed by atoms with van der Waals surface area (Å²) in [6, 6.07) is 20.3. The molecule has 4 aromatic rings. The van der Waals surface area contributed by atoms with Crippen molar-refractivity contribution >= 4 is 68.0 Å². The largest absolute Gasteiger partial charge is 0.495 e. The lowest BCUT2D eigenvalue weighted by Crippen LogP contribution is -2.53. The van der Waals surface area contributed by atoms with Crippen LogP contribution in [0.5, 0.6) is 5.75 Å². The Morgan fingerprint density at radius 2 is 1.64 bits per heavy atom. The summed E-state index contributed by atoms with van der Waals surface area (Å²) in [6.07, 6.45) is 0.717. The third-order valence-electron chi connectivity index (χ3n) is 7.83. The Balaban J connectivity index is 1.90. The van der Waals surface area contributed by atoms with Gasteiger partial charge in [0.05, 0.1) is 22.6 Å². The molecule has 0 bridgehead atoms. The zero-order valence-corrected chi connectivity index (χ0v) is 30.5. The number of sulfonamides is 1. The summed E-state index contributed by atoms with van der Waals surface area (Å²) in [4.78, 5) is 40.5. The number of nitrogens with zero attached hydrogens (tertiary/aromatic N) is 3. The number of benzene rings is 4. The molecule has 0 aromatic heterocycles. The van der Waals surface area contributed by atoms with E-state index in [0.717, 1.165) is 15.9 Å². The first-order valence-corrected chi connectivity index (χ1v) is 18.0. The third-order valence-corrected chi connectivity index (χ3v) is 10.4. The van der Waals surface area contributed by atoms with E-state index in [0.29, 0.717) is 23.6 Å².